The molecule has 0 aromatic heterocycles. The lowest BCUT2D eigenvalue weighted by Gasteiger charge is -2.60. The first kappa shape index (κ1) is 31.2. The zero-order valence-corrected chi connectivity index (χ0v) is 25.6. The molecule has 2 saturated heterocycles. The number of cyclic esters (lactones) is 1. The van der Waals surface area contributed by atoms with Crippen LogP contribution in [0.4, 0.5) is 4.79 Å². The van der Waals surface area contributed by atoms with Crippen LogP contribution in [0.15, 0.2) is 18.2 Å². The molecule has 11 nitrogen and oxygen atoms in total. The Morgan fingerprint density at radius 3 is 2.38 bits per heavy atom. The quantitative estimate of drug-likeness (QED) is 0.270. The van der Waals surface area contributed by atoms with Gasteiger partial charge in [-0.2, -0.15) is 0 Å². The summed E-state index contributed by atoms with van der Waals surface area (Å²) in [5.74, 6) is -2.71. The summed E-state index contributed by atoms with van der Waals surface area (Å²) in [4.78, 5) is 79.2. The van der Waals surface area contributed by atoms with Crippen LogP contribution in [0, 0.1) is 25.2 Å². The van der Waals surface area contributed by atoms with Crippen molar-refractivity contribution < 1.29 is 38.2 Å². The maximum Gasteiger partial charge on any atom is 0.418 e. The highest BCUT2D eigenvalue weighted by Gasteiger charge is 2.69. The Hall–Kier alpha value is -3.76. The molecule has 1 aromatic carbocycles. The molecular weight excluding hydrogens is 542 g/mol. The number of aryl methyl sites for hydroxylation is 2. The maximum absolute atomic E-state index is 13.9. The van der Waals surface area contributed by atoms with Crippen molar-refractivity contribution in [1.82, 2.24) is 15.5 Å². The fourth-order valence-corrected chi connectivity index (χ4v) is 6.37. The number of ketones is 1. The lowest BCUT2D eigenvalue weighted by molar-refractivity contribution is -0.178. The number of benzene rings is 1. The van der Waals surface area contributed by atoms with Gasteiger partial charge in [-0.05, 0) is 65.0 Å². The largest absolute Gasteiger partial charge is 0.475 e. The zero-order chi connectivity index (χ0) is 31.4. The van der Waals surface area contributed by atoms with Crippen LogP contribution in [0.25, 0.3) is 0 Å². The topological polar surface area (TPSA) is 148 Å². The molecular formula is C31H41N3O8. The van der Waals surface area contributed by atoms with E-state index in [1.165, 1.54) is 13.8 Å². The van der Waals surface area contributed by atoms with Gasteiger partial charge < -0.3 is 24.9 Å². The zero-order valence-electron chi connectivity index (χ0n) is 25.6. The Bertz CT molecular complexity index is 1350. The minimum atomic E-state index is -1.80. The molecule has 5 atom stereocenters. The Morgan fingerprint density at radius 1 is 1.21 bits per heavy atom. The van der Waals surface area contributed by atoms with E-state index < -0.39 is 63.8 Å². The van der Waals surface area contributed by atoms with E-state index >= 15 is 0 Å². The number of Topliss-reactive ketones (excluding diaryl/α,β-unsaturated/α-hetero) is 1. The molecule has 42 heavy (non-hydrogen) atoms. The van der Waals surface area contributed by atoms with Gasteiger partial charge in [0.05, 0.1) is 5.54 Å². The third-order valence-electron chi connectivity index (χ3n) is 8.86. The minimum absolute atomic E-state index is 0.146. The Morgan fingerprint density at radius 2 is 1.88 bits per heavy atom. The number of nitrogens with one attached hydrogen (secondary N) is 2. The third-order valence-corrected chi connectivity index (χ3v) is 8.86. The first-order valence-electron chi connectivity index (χ1n) is 14.4. The van der Waals surface area contributed by atoms with Gasteiger partial charge in [-0.15, -0.1) is 0 Å². The summed E-state index contributed by atoms with van der Waals surface area (Å²) in [6.07, 6.45) is 0.911. The van der Waals surface area contributed by atoms with E-state index in [0.717, 1.165) is 17.4 Å². The number of hydrogen-bond acceptors (Lipinski definition) is 8. The normalized spacial score (nSPS) is 29.3. The van der Waals surface area contributed by atoms with E-state index in [9.17, 15) is 28.8 Å². The number of ether oxygens (including phenoxy) is 2. The summed E-state index contributed by atoms with van der Waals surface area (Å²) in [6, 6.07) is 3.09. The molecule has 1 aromatic rings. The first-order chi connectivity index (χ1) is 19.4. The first-order valence-corrected chi connectivity index (χ1v) is 14.4. The summed E-state index contributed by atoms with van der Waals surface area (Å²) >= 11 is 0. The molecule has 228 valence electrons. The van der Waals surface area contributed by atoms with Crippen molar-refractivity contribution in [2.75, 3.05) is 0 Å². The van der Waals surface area contributed by atoms with Gasteiger partial charge in [-0.25, -0.2) is 9.69 Å². The van der Waals surface area contributed by atoms with E-state index in [1.807, 2.05) is 39.0 Å². The molecule has 3 aliphatic rings. The average molecular weight is 584 g/mol. The van der Waals surface area contributed by atoms with Crippen LogP contribution < -0.4 is 15.4 Å². The smallest absolute Gasteiger partial charge is 0.418 e. The number of carbonyl (C=O) groups excluding carboxylic acids is 6. The van der Waals surface area contributed by atoms with Crippen molar-refractivity contribution in [3.05, 3.63) is 29.3 Å². The minimum Gasteiger partial charge on any atom is -0.475 e. The van der Waals surface area contributed by atoms with Crippen LogP contribution in [0.1, 0.15) is 78.4 Å². The SMILES string of the molecule is CCC1(Oc2ccc(C)cc2C)C(=O)NC12CCC(C=O)C(NC(=O)C(C(=O)C(C)(C)C)N1C(=O)OC(C)(C)C1=O)C2. The fourth-order valence-electron chi connectivity index (χ4n) is 6.37. The highest BCUT2D eigenvalue weighted by atomic mass is 16.6. The van der Waals surface area contributed by atoms with Crippen molar-refractivity contribution in [2.45, 2.75) is 110 Å². The van der Waals surface area contributed by atoms with Gasteiger partial charge in [0.2, 0.25) is 5.60 Å². The van der Waals surface area contributed by atoms with Crippen LogP contribution in [-0.4, -0.2) is 69.6 Å². The van der Waals surface area contributed by atoms with Crippen LogP contribution >= 0.6 is 0 Å². The van der Waals surface area contributed by atoms with Crippen LogP contribution in [0.2, 0.25) is 0 Å². The van der Waals surface area contributed by atoms with Gasteiger partial charge in [0, 0.05) is 17.4 Å². The number of β-lactam (4-membered cyclic amide) rings is 1. The molecule has 0 radical (unpaired) electrons. The predicted molar refractivity (Wildman–Crippen MR) is 151 cm³/mol. The lowest BCUT2D eigenvalue weighted by Crippen LogP contribution is -2.85. The Kier molecular flexibility index (Phi) is 7.80. The number of imide groups is 1. The summed E-state index contributed by atoms with van der Waals surface area (Å²) in [5, 5.41) is 5.82. The van der Waals surface area contributed by atoms with E-state index in [1.54, 1.807) is 20.8 Å². The van der Waals surface area contributed by atoms with Crippen molar-refractivity contribution in [1.29, 1.82) is 0 Å². The van der Waals surface area contributed by atoms with Crippen LogP contribution in [-0.2, 0) is 28.7 Å². The molecule has 3 fully saturated rings. The molecule has 4 amide bonds. The number of nitrogens with zero attached hydrogens (tertiary/aromatic N) is 1. The summed E-state index contributed by atoms with van der Waals surface area (Å²) in [6.45, 7) is 13.2. The van der Waals surface area contributed by atoms with Gasteiger partial charge in [0.1, 0.15) is 12.0 Å². The molecule has 2 aliphatic heterocycles. The summed E-state index contributed by atoms with van der Waals surface area (Å²) in [7, 11) is 0. The molecule has 1 aliphatic carbocycles. The van der Waals surface area contributed by atoms with E-state index in [4.69, 9.17) is 9.47 Å². The van der Waals surface area contributed by atoms with E-state index in [2.05, 4.69) is 10.6 Å². The number of amides is 4. The maximum atomic E-state index is 13.9. The summed E-state index contributed by atoms with van der Waals surface area (Å²) < 4.78 is 11.7. The van der Waals surface area contributed by atoms with Gasteiger partial charge in [0.15, 0.2) is 17.4 Å². The Balaban J connectivity index is 1.67. The van der Waals surface area contributed by atoms with Gasteiger partial charge in [0.25, 0.3) is 17.7 Å². The van der Waals surface area contributed by atoms with E-state index in [-0.39, 0.29) is 12.3 Å². The molecule has 1 saturated carbocycles. The number of aldehydes is 1. The van der Waals surface area contributed by atoms with Crippen LogP contribution in [0.5, 0.6) is 5.75 Å². The molecule has 0 bridgehead atoms. The number of hydrogen-bond donors (Lipinski definition) is 2. The third kappa shape index (κ3) is 4.96. The second kappa shape index (κ2) is 10.5. The molecule has 4 rings (SSSR count). The second-order valence-electron chi connectivity index (χ2n) is 13.3. The molecule has 5 unspecified atom stereocenters. The molecule has 1 spiro atoms. The van der Waals surface area contributed by atoms with Gasteiger partial charge >= 0.3 is 6.09 Å². The number of rotatable bonds is 8. The lowest BCUT2D eigenvalue weighted by atomic mass is 9.59. The van der Waals surface area contributed by atoms with Crippen molar-refractivity contribution in [2.24, 2.45) is 11.3 Å². The van der Waals surface area contributed by atoms with Gasteiger partial charge in [-0.3, -0.25) is 19.2 Å². The molecule has 2 heterocycles. The second-order valence-corrected chi connectivity index (χ2v) is 13.3. The highest BCUT2D eigenvalue weighted by Crippen LogP contribution is 2.49. The summed E-state index contributed by atoms with van der Waals surface area (Å²) in [5.41, 5.74) is -2.86. The van der Waals surface area contributed by atoms with Crippen molar-refractivity contribution >= 4 is 35.9 Å². The van der Waals surface area contributed by atoms with Crippen molar-refractivity contribution in [3.8, 4) is 5.75 Å². The van der Waals surface area contributed by atoms with Gasteiger partial charge in [-0.1, -0.05) is 45.4 Å². The van der Waals surface area contributed by atoms with Crippen molar-refractivity contribution in [3.63, 3.8) is 0 Å². The Labute approximate surface area is 246 Å². The standard InChI is InChI=1S/C31H41N3O8/c1-9-31(41-21-11-10-17(2)14-18(21)3)25(38)33-30(31)13-12-19(16-35)20(15-30)32-24(37)22(23(36)28(4,5)6)34-26(39)29(7,8)42-27(34)40/h10-11,14,16,19-20,22H,9,12-13,15H2,1-8H3,(H,32,37)(H,33,38). The number of carbonyl (C=O) groups is 6. The van der Waals surface area contributed by atoms with E-state index in [0.29, 0.717) is 29.9 Å². The average Bonchev–Trinajstić information content (AvgIpc) is 3.09. The molecule has 11 heteroatoms. The fraction of sp³-hybridized carbons (Fsp3) is 0.613. The molecule has 2 N–H and O–H groups in total. The highest BCUT2D eigenvalue weighted by molar-refractivity contribution is 6.16. The predicted octanol–water partition coefficient (Wildman–Crippen LogP) is 2.92. The van der Waals surface area contributed by atoms with Crippen LogP contribution in [0.3, 0.4) is 0 Å². The monoisotopic (exact) mass is 583 g/mol.